The molecular formula is C25H32N5O6P. The van der Waals surface area contributed by atoms with E-state index in [1.54, 1.807) is 61.0 Å². The molecule has 4 atom stereocenters. The first kappa shape index (κ1) is 28.2. The number of carbonyl (C=O) groups excluding carboxylic acids is 1. The summed E-state index contributed by atoms with van der Waals surface area (Å²) in [4.78, 5) is 20.6. The summed E-state index contributed by atoms with van der Waals surface area (Å²) in [6, 6.07) is 9.30. The van der Waals surface area contributed by atoms with Gasteiger partial charge in [-0.15, -0.1) is 12.3 Å². The largest absolute Gasteiger partial charge is 0.462 e. The van der Waals surface area contributed by atoms with Crippen molar-refractivity contribution in [2.45, 2.75) is 58.6 Å². The Bertz CT molecular complexity index is 1280. The number of benzene rings is 1. The van der Waals surface area contributed by atoms with Crippen LogP contribution in [0, 0.1) is 12.3 Å². The van der Waals surface area contributed by atoms with Crippen molar-refractivity contribution in [1.29, 1.82) is 0 Å². The quantitative estimate of drug-likeness (QED) is 0.189. The van der Waals surface area contributed by atoms with E-state index >= 15 is 0 Å². The first-order valence-corrected chi connectivity index (χ1v) is 13.3. The van der Waals surface area contributed by atoms with Gasteiger partial charge in [-0.3, -0.25) is 9.32 Å². The van der Waals surface area contributed by atoms with Crippen molar-refractivity contribution in [3.05, 3.63) is 48.9 Å². The molecule has 12 heteroatoms. The molecule has 0 aliphatic carbocycles. The Labute approximate surface area is 216 Å². The van der Waals surface area contributed by atoms with Gasteiger partial charge in [0.05, 0.1) is 24.2 Å². The molecule has 2 heterocycles. The molecule has 0 amide bonds. The first-order chi connectivity index (χ1) is 17.6. The Morgan fingerprint density at radius 3 is 2.59 bits per heavy atom. The van der Waals surface area contributed by atoms with Crippen molar-refractivity contribution in [3.63, 3.8) is 0 Å². The summed E-state index contributed by atoms with van der Waals surface area (Å²) >= 11 is 0. The van der Waals surface area contributed by atoms with Crippen LogP contribution >= 0.6 is 7.75 Å². The van der Waals surface area contributed by atoms with E-state index in [-0.39, 0.29) is 19.1 Å². The highest BCUT2D eigenvalue weighted by Crippen LogP contribution is 2.45. The second-order valence-electron chi connectivity index (χ2n) is 8.52. The molecule has 3 N–H and O–H groups in total. The van der Waals surface area contributed by atoms with Gasteiger partial charge >= 0.3 is 13.7 Å². The highest BCUT2D eigenvalue weighted by Gasteiger charge is 2.34. The molecule has 37 heavy (non-hydrogen) atoms. The molecule has 0 saturated carbocycles. The molecule has 0 radical (unpaired) electrons. The standard InChI is InChI=1S/C25H32N5O6P/c1-6-10-21(35-19(5)30-14-13-22-23(26)27-16-28-24(22)30)15-33-37(32,36-20-11-8-7-9-12-20)29-18(4)25(31)34-17(2)3/h1,7-9,11-14,16-19,21H,10,15H2,2-5H3,(H,29,32)(H2,26,27,28)/t18-,19+,21-,37?/m0/s1. The maximum Gasteiger partial charge on any atom is 0.459 e. The van der Waals surface area contributed by atoms with Gasteiger partial charge in [0.15, 0.2) is 0 Å². The van der Waals surface area contributed by atoms with Crippen LogP contribution in [0.5, 0.6) is 5.75 Å². The Hall–Kier alpha value is -3.42. The number of para-hydroxylation sites is 1. The Morgan fingerprint density at radius 1 is 1.19 bits per heavy atom. The van der Waals surface area contributed by atoms with Crippen molar-refractivity contribution in [3.8, 4) is 18.1 Å². The summed E-state index contributed by atoms with van der Waals surface area (Å²) in [6.07, 6.45) is 7.35. The van der Waals surface area contributed by atoms with Crippen molar-refractivity contribution in [2.75, 3.05) is 12.3 Å². The van der Waals surface area contributed by atoms with Crippen LogP contribution in [0.15, 0.2) is 48.9 Å². The van der Waals surface area contributed by atoms with Crippen molar-refractivity contribution in [1.82, 2.24) is 19.6 Å². The molecule has 0 aliphatic rings. The lowest BCUT2D eigenvalue weighted by molar-refractivity contribution is -0.149. The average molecular weight is 530 g/mol. The minimum atomic E-state index is -4.06. The van der Waals surface area contributed by atoms with E-state index in [0.29, 0.717) is 22.6 Å². The SMILES string of the molecule is C#CC[C@@H](COP(=O)(N[C@@H](C)C(=O)OC(C)C)Oc1ccccc1)O[C@H](C)n1ccc2c(N)ncnc21. The molecule has 1 aromatic carbocycles. The van der Waals surface area contributed by atoms with Gasteiger partial charge in [-0.1, -0.05) is 18.2 Å². The fraction of sp³-hybridized carbons (Fsp3) is 0.400. The molecule has 11 nitrogen and oxygen atoms in total. The number of nitrogens with two attached hydrogens (primary N) is 1. The predicted octanol–water partition coefficient (Wildman–Crippen LogP) is 4.07. The van der Waals surface area contributed by atoms with Crippen LogP contribution in [0.2, 0.25) is 0 Å². The third-order valence-corrected chi connectivity index (χ3v) is 6.77. The molecule has 3 rings (SSSR count). The number of nitrogens with one attached hydrogen (secondary N) is 1. The number of anilines is 1. The molecule has 0 fully saturated rings. The summed E-state index contributed by atoms with van der Waals surface area (Å²) < 4.78 is 38.2. The zero-order chi connectivity index (χ0) is 27.0. The van der Waals surface area contributed by atoms with E-state index in [4.69, 9.17) is 30.7 Å². The number of terminal acetylenes is 1. The summed E-state index contributed by atoms with van der Waals surface area (Å²) in [7, 11) is -4.06. The number of aromatic nitrogens is 3. The molecule has 1 unspecified atom stereocenters. The number of hydrogen-bond donors (Lipinski definition) is 2. The molecule has 0 spiro atoms. The summed E-state index contributed by atoms with van der Waals surface area (Å²) in [6.45, 7) is 6.58. The van der Waals surface area contributed by atoms with Crippen LogP contribution in [0.4, 0.5) is 5.82 Å². The maximum atomic E-state index is 13.7. The third-order valence-electron chi connectivity index (χ3n) is 5.12. The molecule has 2 aromatic heterocycles. The van der Waals surface area contributed by atoms with E-state index in [1.807, 2.05) is 6.92 Å². The van der Waals surface area contributed by atoms with Gasteiger partial charge in [-0.25, -0.2) is 14.5 Å². The third kappa shape index (κ3) is 7.78. The summed E-state index contributed by atoms with van der Waals surface area (Å²) in [5.74, 6) is 2.60. The van der Waals surface area contributed by atoms with Crippen LogP contribution in [-0.2, 0) is 23.4 Å². The predicted molar refractivity (Wildman–Crippen MR) is 139 cm³/mol. The van der Waals surface area contributed by atoms with E-state index in [0.717, 1.165) is 0 Å². The molecular weight excluding hydrogens is 497 g/mol. The van der Waals surface area contributed by atoms with Gasteiger partial charge < -0.3 is 24.3 Å². The number of hydrogen-bond acceptors (Lipinski definition) is 9. The van der Waals surface area contributed by atoms with Gasteiger partial charge in [-0.2, -0.15) is 5.09 Å². The molecule has 0 bridgehead atoms. The van der Waals surface area contributed by atoms with Crippen LogP contribution < -0.4 is 15.3 Å². The molecule has 3 aromatic rings. The topological polar surface area (TPSA) is 140 Å². The number of fused-ring (bicyclic) bond motifs is 1. The lowest BCUT2D eigenvalue weighted by Gasteiger charge is -2.26. The summed E-state index contributed by atoms with van der Waals surface area (Å²) in [5, 5.41) is 3.34. The van der Waals surface area contributed by atoms with Crippen molar-refractivity contribution >= 4 is 30.6 Å². The average Bonchev–Trinajstić information content (AvgIpc) is 3.28. The minimum Gasteiger partial charge on any atom is -0.462 e. The Morgan fingerprint density at radius 2 is 1.92 bits per heavy atom. The number of rotatable bonds is 13. The highest BCUT2D eigenvalue weighted by atomic mass is 31.2. The second kappa shape index (κ2) is 12.7. The van der Waals surface area contributed by atoms with Gasteiger partial charge in [-0.05, 0) is 45.9 Å². The van der Waals surface area contributed by atoms with E-state index in [2.05, 4.69) is 21.0 Å². The Balaban J connectivity index is 1.75. The number of esters is 1. The van der Waals surface area contributed by atoms with Crippen molar-refractivity contribution < 1.29 is 27.9 Å². The monoisotopic (exact) mass is 529 g/mol. The second-order valence-corrected chi connectivity index (χ2v) is 10.2. The van der Waals surface area contributed by atoms with E-state index in [1.165, 1.54) is 13.3 Å². The number of nitrogen functional groups attached to an aromatic ring is 1. The normalized spacial score (nSPS) is 15.5. The number of carbonyl (C=O) groups is 1. The maximum absolute atomic E-state index is 13.7. The van der Waals surface area contributed by atoms with Crippen LogP contribution in [0.1, 0.15) is 40.3 Å². The van der Waals surface area contributed by atoms with Crippen LogP contribution in [-0.4, -0.2) is 45.4 Å². The summed E-state index contributed by atoms with van der Waals surface area (Å²) in [5.41, 5.74) is 6.52. The van der Waals surface area contributed by atoms with Crippen LogP contribution in [0.3, 0.4) is 0 Å². The highest BCUT2D eigenvalue weighted by molar-refractivity contribution is 7.52. The lowest BCUT2D eigenvalue weighted by atomic mass is 10.3. The van der Waals surface area contributed by atoms with Gasteiger partial charge in [0, 0.05) is 12.6 Å². The lowest BCUT2D eigenvalue weighted by Crippen LogP contribution is -2.37. The van der Waals surface area contributed by atoms with Gasteiger partial charge in [0.25, 0.3) is 0 Å². The first-order valence-electron chi connectivity index (χ1n) is 11.7. The zero-order valence-electron chi connectivity index (χ0n) is 21.2. The van der Waals surface area contributed by atoms with E-state index in [9.17, 15) is 9.36 Å². The molecule has 0 saturated heterocycles. The number of nitrogens with zero attached hydrogens (tertiary/aromatic N) is 3. The zero-order valence-corrected chi connectivity index (χ0v) is 22.1. The van der Waals surface area contributed by atoms with Crippen molar-refractivity contribution in [2.24, 2.45) is 0 Å². The molecule has 198 valence electrons. The molecule has 0 aliphatic heterocycles. The number of ether oxygens (including phenoxy) is 2. The van der Waals surface area contributed by atoms with Crippen LogP contribution in [0.25, 0.3) is 11.0 Å². The smallest absolute Gasteiger partial charge is 0.459 e. The fourth-order valence-electron chi connectivity index (χ4n) is 3.42. The Kier molecular flexibility index (Phi) is 9.66. The van der Waals surface area contributed by atoms with E-state index < -0.39 is 32.1 Å². The minimum absolute atomic E-state index is 0.164. The fourth-order valence-corrected chi connectivity index (χ4v) is 4.94. The van der Waals surface area contributed by atoms with Gasteiger partial charge in [0.1, 0.15) is 35.8 Å². The van der Waals surface area contributed by atoms with Gasteiger partial charge in [0.2, 0.25) is 0 Å².